The van der Waals surface area contributed by atoms with E-state index in [0.717, 1.165) is 11.3 Å². The van der Waals surface area contributed by atoms with Gasteiger partial charge in [-0.2, -0.15) is 0 Å². The lowest BCUT2D eigenvalue weighted by Crippen LogP contribution is -2.28. The minimum absolute atomic E-state index is 0.105. The highest BCUT2D eigenvalue weighted by atomic mass is 19.1. The predicted molar refractivity (Wildman–Crippen MR) is 60.4 cm³/mol. The Bertz CT molecular complexity index is 387. The molecule has 0 fully saturated rings. The SMILES string of the molecule is CC(C)c1cc2c(cc1F)N(C)NC2C. The second-order valence-corrected chi connectivity index (χ2v) is 4.50. The summed E-state index contributed by atoms with van der Waals surface area (Å²) in [6.07, 6.45) is 0. The molecule has 0 aliphatic carbocycles. The van der Waals surface area contributed by atoms with Gasteiger partial charge in [0, 0.05) is 7.05 Å². The van der Waals surface area contributed by atoms with Crippen LogP contribution in [0.15, 0.2) is 12.1 Å². The fourth-order valence-electron chi connectivity index (χ4n) is 2.11. The number of nitrogens with zero attached hydrogens (tertiary/aromatic N) is 1. The third-order valence-electron chi connectivity index (χ3n) is 2.98. The third kappa shape index (κ3) is 1.61. The molecule has 1 aromatic carbocycles. The molecule has 0 radical (unpaired) electrons. The van der Waals surface area contributed by atoms with Crippen LogP contribution in [0.25, 0.3) is 0 Å². The van der Waals surface area contributed by atoms with E-state index in [0.29, 0.717) is 0 Å². The number of hydrazine groups is 1. The molecule has 0 saturated heterocycles. The summed E-state index contributed by atoms with van der Waals surface area (Å²) in [6.45, 7) is 6.12. The molecule has 2 nitrogen and oxygen atoms in total. The monoisotopic (exact) mass is 208 g/mol. The van der Waals surface area contributed by atoms with E-state index in [1.54, 1.807) is 6.07 Å². The Morgan fingerprint density at radius 1 is 1.40 bits per heavy atom. The summed E-state index contributed by atoms with van der Waals surface area (Å²) in [7, 11) is 1.91. The van der Waals surface area contributed by atoms with E-state index >= 15 is 0 Å². The smallest absolute Gasteiger partial charge is 0.128 e. The highest BCUT2D eigenvalue weighted by molar-refractivity contribution is 5.59. The van der Waals surface area contributed by atoms with Gasteiger partial charge in [-0.3, -0.25) is 0 Å². The number of anilines is 1. The van der Waals surface area contributed by atoms with Crippen molar-refractivity contribution in [3.05, 3.63) is 29.1 Å². The van der Waals surface area contributed by atoms with Gasteiger partial charge in [-0.05, 0) is 36.1 Å². The molecular weight excluding hydrogens is 191 g/mol. The van der Waals surface area contributed by atoms with E-state index in [1.165, 1.54) is 5.56 Å². The number of benzene rings is 1. The van der Waals surface area contributed by atoms with Crippen molar-refractivity contribution in [3.63, 3.8) is 0 Å². The summed E-state index contributed by atoms with van der Waals surface area (Å²) < 4.78 is 13.7. The van der Waals surface area contributed by atoms with Crippen molar-refractivity contribution >= 4 is 5.69 Å². The second-order valence-electron chi connectivity index (χ2n) is 4.50. The zero-order valence-corrected chi connectivity index (χ0v) is 9.63. The van der Waals surface area contributed by atoms with Crippen molar-refractivity contribution in [2.45, 2.75) is 32.7 Å². The molecule has 0 saturated carbocycles. The van der Waals surface area contributed by atoms with Gasteiger partial charge in [0.05, 0.1) is 11.7 Å². The number of nitrogens with one attached hydrogen (secondary N) is 1. The first-order chi connectivity index (χ1) is 7.00. The predicted octanol–water partition coefficient (Wildman–Crippen LogP) is 2.96. The molecule has 0 aromatic heterocycles. The molecule has 2 rings (SSSR count). The first kappa shape index (κ1) is 10.4. The molecule has 15 heavy (non-hydrogen) atoms. The van der Waals surface area contributed by atoms with Gasteiger partial charge in [0.2, 0.25) is 0 Å². The summed E-state index contributed by atoms with van der Waals surface area (Å²) in [5.41, 5.74) is 6.18. The average Bonchev–Trinajstić information content (AvgIpc) is 2.41. The van der Waals surface area contributed by atoms with Crippen LogP contribution in [0, 0.1) is 5.82 Å². The molecule has 82 valence electrons. The maximum atomic E-state index is 13.7. The van der Waals surface area contributed by atoms with Gasteiger partial charge in [-0.25, -0.2) is 9.82 Å². The molecule has 1 aliphatic heterocycles. The van der Waals surface area contributed by atoms with Crippen molar-refractivity contribution in [2.24, 2.45) is 0 Å². The van der Waals surface area contributed by atoms with E-state index < -0.39 is 0 Å². The highest BCUT2D eigenvalue weighted by Crippen LogP contribution is 2.35. The first-order valence-electron chi connectivity index (χ1n) is 5.34. The van der Waals surface area contributed by atoms with E-state index in [2.05, 4.69) is 12.3 Å². The van der Waals surface area contributed by atoms with Gasteiger partial charge in [0.15, 0.2) is 0 Å². The molecular formula is C12H17FN2. The Morgan fingerprint density at radius 3 is 2.67 bits per heavy atom. The lowest BCUT2D eigenvalue weighted by molar-refractivity contribution is 0.597. The molecule has 1 aromatic rings. The van der Waals surface area contributed by atoms with Crippen LogP contribution >= 0.6 is 0 Å². The normalized spacial score (nSPS) is 19.9. The molecule has 0 amide bonds. The third-order valence-corrected chi connectivity index (χ3v) is 2.98. The lowest BCUT2D eigenvalue weighted by atomic mass is 9.97. The Labute approximate surface area is 90.1 Å². The van der Waals surface area contributed by atoms with Crippen molar-refractivity contribution in [1.82, 2.24) is 5.43 Å². The van der Waals surface area contributed by atoms with Crippen LogP contribution in [-0.2, 0) is 0 Å². The van der Waals surface area contributed by atoms with Gasteiger partial charge in [-0.1, -0.05) is 13.8 Å². The molecule has 1 N–H and O–H groups in total. The maximum Gasteiger partial charge on any atom is 0.128 e. The Kier molecular flexibility index (Phi) is 2.43. The fraction of sp³-hybridized carbons (Fsp3) is 0.500. The first-order valence-corrected chi connectivity index (χ1v) is 5.34. The Balaban J connectivity index is 2.54. The standard InChI is InChI=1S/C12H17FN2/c1-7(2)9-5-10-8(3)14-15(4)12(10)6-11(9)13/h5-8,14H,1-4H3. The van der Waals surface area contributed by atoms with Crippen LogP contribution in [-0.4, -0.2) is 7.05 Å². The molecule has 0 bridgehead atoms. The molecule has 1 heterocycles. The van der Waals surface area contributed by atoms with Crippen LogP contribution in [0.3, 0.4) is 0 Å². The van der Waals surface area contributed by atoms with E-state index in [1.807, 2.05) is 32.0 Å². The van der Waals surface area contributed by atoms with Gasteiger partial charge in [0.25, 0.3) is 0 Å². The minimum atomic E-state index is -0.105. The zero-order valence-electron chi connectivity index (χ0n) is 9.63. The highest BCUT2D eigenvalue weighted by Gasteiger charge is 2.24. The molecule has 1 aliphatic rings. The fourth-order valence-corrected chi connectivity index (χ4v) is 2.11. The lowest BCUT2D eigenvalue weighted by Gasteiger charge is -2.13. The number of rotatable bonds is 1. The van der Waals surface area contributed by atoms with Gasteiger partial charge in [-0.15, -0.1) is 0 Å². The van der Waals surface area contributed by atoms with E-state index in [9.17, 15) is 4.39 Å². The minimum Gasteiger partial charge on any atom is -0.310 e. The van der Waals surface area contributed by atoms with Crippen LogP contribution < -0.4 is 10.4 Å². The topological polar surface area (TPSA) is 15.3 Å². The molecule has 1 atom stereocenters. The number of hydrogen-bond donors (Lipinski definition) is 1. The summed E-state index contributed by atoms with van der Waals surface area (Å²) in [4.78, 5) is 0. The van der Waals surface area contributed by atoms with Crippen molar-refractivity contribution in [1.29, 1.82) is 0 Å². The Hall–Kier alpha value is -1.09. The van der Waals surface area contributed by atoms with Gasteiger partial charge in [0.1, 0.15) is 5.82 Å². The number of halogens is 1. The molecule has 1 unspecified atom stereocenters. The summed E-state index contributed by atoms with van der Waals surface area (Å²) >= 11 is 0. The maximum absolute atomic E-state index is 13.7. The van der Waals surface area contributed by atoms with E-state index in [4.69, 9.17) is 0 Å². The summed E-state index contributed by atoms with van der Waals surface area (Å²) in [5.74, 6) is 0.125. The quantitative estimate of drug-likeness (QED) is 0.763. The summed E-state index contributed by atoms with van der Waals surface area (Å²) in [6, 6.07) is 3.88. The van der Waals surface area contributed by atoms with Gasteiger partial charge < -0.3 is 5.01 Å². The largest absolute Gasteiger partial charge is 0.310 e. The number of fused-ring (bicyclic) bond motifs is 1. The molecule has 0 spiro atoms. The Morgan fingerprint density at radius 2 is 2.07 bits per heavy atom. The van der Waals surface area contributed by atoms with Crippen LogP contribution in [0.1, 0.15) is 43.9 Å². The second kappa shape index (κ2) is 3.49. The van der Waals surface area contributed by atoms with Crippen LogP contribution in [0.4, 0.5) is 10.1 Å². The summed E-state index contributed by atoms with van der Waals surface area (Å²) in [5, 5.41) is 1.88. The van der Waals surface area contributed by atoms with Crippen molar-refractivity contribution in [2.75, 3.05) is 12.1 Å². The van der Waals surface area contributed by atoms with Crippen molar-refractivity contribution in [3.8, 4) is 0 Å². The van der Waals surface area contributed by atoms with E-state index in [-0.39, 0.29) is 17.8 Å². The molecule has 3 heteroatoms. The average molecular weight is 208 g/mol. The van der Waals surface area contributed by atoms with Gasteiger partial charge >= 0.3 is 0 Å². The van der Waals surface area contributed by atoms with Crippen LogP contribution in [0.2, 0.25) is 0 Å². The zero-order chi connectivity index (χ0) is 11.2. The van der Waals surface area contributed by atoms with Crippen molar-refractivity contribution < 1.29 is 4.39 Å². The van der Waals surface area contributed by atoms with Crippen LogP contribution in [0.5, 0.6) is 0 Å². The number of hydrogen-bond acceptors (Lipinski definition) is 2.